The second-order valence-electron chi connectivity index (χ2n) is 11.0. The van der Waals surface area contributed by atoms with Crippen molar-refractivity contribution < 1.29 is 9.18 Å². The molecule has 1 aromatic heterocycles. The Morgan fingerprint density at radius 2 is 1.64 bits per heavy atom. The van der Waals surface area contributed by atoms with E-state index in [4.69, 9.17) is 5.10 Å². The lowest BCUT2D eigenvalue weighted by atomic mass is 9.90. The van der Waals surface area contributed by atoms with Gasteiger partial charge in [-0.15, -0.1) is 0 Å². The molecule has 3 aromatic carbocycles. The van der Waals surface area contributed by atoms with E-state index < -0.39 is 0 Å². The summed E-state index contributed by atoms with van der Waals surface area (Å²) in [6, 6.07) is 25.6. The summed E-state index contributed by atoms with van der Waals surface area (Å²) in [5.74, 6) is 0.338. The zero-order chi connectivity index (χ0) is 26.8. The minimum atomic E-state index is -0.280. The lowest BCUT2D eigenvalue weighted by molar-refractivity contribution is 0.0788. The summed E-state index contributed by atoms with van der Waals surface area (Å²) in [4.78, 5) is 18.4. The zero-order valence-corrected chi connectivity index (χ0v) is 22.5. The van der Waals surface area contributed by atoms with Crippen molar-refractivity contribution in [3.63, 3.8) is 0 Å². The van der Waals surface area contributed by atoms with Gasteiger partial charge in [-0.05, 0) is 74.7 Å². The fraction of sp³-hybridized carbons (Fsp3) is 0.333. The molecule has 3 heterocycles. The SMILES string of the molecule is Cc1cccc(CN2CCC(c3c(C(=O)N4CC[C@H](c5ccccc5)C4)cnn3-c3ccc(F)cc3)CC2)c1. The van der Waals surface area contributed by atoms with Crippen molar-refractivity contribution in [3.8, 4) is 5.69 Å². The molecule has 0 aliphatic carbocycles. The molecule has 2 aliphatic rings. The molecule has 0 unspecified atom stereocenters. The van der Waals surface area contributed by atoms with Crippen molar-refractivity contribution in [3.05, 3.63) is 119 Å². The molecule has 39 heavy (non-hydrogen) atoms. The van der Waals surface area contributed by atoms with Crippen LogP contribution in [0.4, 0.5) is 4.39 Å². The van der Waals surface area contributed by atoms with Crippen molar-refractivity contribution in [1.82, 2.24) is 19.6 Å². The highest BCUT2D eigenvalue weighted by molar-refractivity contribution is 5.95. The van der Waals surface area contributed by atoms with E-state index in [1.54, 1.807) is 18.3 Å². The summed E-state index contributed by atoms with van der Waals surface area (Å²) >= 11 is 0. The molecule has 2 aliphatic heterocycles. The molecule has 0 N–H and O–H groups in total. The van der Waals surface area contributed by atoms with Crippen LogP contribution in [-0.4, -0.2) is 51.7 Å². The molecule has 6 rings (SSSR count). The lowest BCUT2D eigenvalue weighted by Crippen LogP contribution is -2.34. The van der Waals surface area contributed by atoms with Crippen LogP contribution in [0.2, 0.25) is 0 Å². The molecule has 1 atom stereocenters. The first-order valence-corrected chi connectivity index (χ1v) is 14.0. The summed E-state index contributed by atoms with van der Waals surface area (Å²) in [5.41, 5.74) is 6.34. The van der Waals surface area contributed by atoms with Gasteiger partial charge in [0.25, 0.3) is 5.91 Å². The van der Waals surface area contributed by atoms with E-state index in [-0.39, 0.29) is 17.6 Å². The van der Waals surface area contributed by atoms with E-state index in [9.17, 15) is 9.18 Å². The summed E-state index contributed by atoms with van der Waals surface area (Å²) in [7, 11) is 0. The van der Waals surface area contributed by atoms with Crippen LogP contribution in [-0.2, 0) is 6.54 Å². The molecule has 6 heteroatoms. The second-order valence-corrected chi connectivity index (χ2v) is 11.0. The standard InChI is InChI=1S/C33H35FN4O/c1-24-6-5-7-25(20-24)22-36-17-14-27(15-18-36)32-31(21-35-38(32)30-12-10-29(34)11-13-30)33(39)37-19-16-28(23-37)26-8-3-2-4-9-26/h2-13,20-21,27-28H,14-19,22-23H2,1H3/t28-/m0/s1. The third-order valence-electron chi connectivity index (χ3n) is 8.32. The van der Waals surface area contributed by atoms with Crippen LogP contribution in [0.25, 0.3) is 5.69 Å². The molecule has 200 valence electrons. The highest BCUT2D eigenvalue weighted by Crippen LogP contribution is 2.35. The third kappa shape index (κ3) is 5.52. The van der Waals surface area contributed by atoms with Crippen molar-refractivity contribution in [1.29, 1.82) is 0 Å². The van der Waals surface area contributed by atoms with Crippen LogP contribution < -0.4 is 0 Å². The largest absolute Gasteiger partial charge is 0.338 e. The van der Waals surface area contributed by atoms with Gasteiger partial charge in [0.2, 0.25) is 0 Å². The number of benzene rings is 3. The normalized spacial score (nSPS) is 18.5. The average molecular weight is 523 g/mol. The monoisotopic (exact) mass is 522 g/mol. The highest BCUT2D eigenvalue weighted by Gasteiger charge is 2.34. The van der Waals surface area contributed by atoms with Gasteiger partial charge in [0.05, 0.1) is 23.1 Å². The molecular formula is C33H35FN4O. The Kier molecular flexibility index (Phi) is 7.29. The maximum Gasteiger partial charge on any atom is 0.257 e. The van der Waals surface area contributed by atoms with E-state index in [2.05, 4.69) is 60.4 Å². The Balaban J connectivity index is 1.24. The van der Waals surface area contributed by atoms with E-state index in [0.29, 0.717) is 11.5 Å². The van der Waals surface area contributed by atoms with Crippen LogP contribution in [0, 0.1) is 12.7 Å². The van der Waals surface area contributed by atoms with Gasteiger partial charge in [0.15, 0.2) is 0 Å². The number of hydrogen-bond donors (Lipinski definition) is 0. The number of aryl methyl sites for hydroxylation is 1. The van der Waals surface area contributed by atoms with Crippen molar-refractivity contribution in [2.45, 2.75) is 44.6 Å². The fourth-order valence-corrected chi connectivity index (χ4v) is 6.25. The number of carbonyl (C=O) groups excluding carboxylic acids is 1. The summed E-state index contributed by atoms with van der Waals surface area (Å²) in [5, 5.41) is 4.69. The Morgan fingerprint density at radius 3 is 2.38 bits per heavy atom. The number of piperidine rings is 1. The smallest absolute Gasteiger partial charge is 0.257 e. The van der Waals surface area contributed by atoms with Crippen LogP contribution >= 0.6 is 0 Å². The molecule has 2 fully saturated rings. The van der Waals surface area contributed by atoms with E-state index in [1.807, 2.05) is 15.6 Å². The fourth-order valence-electron chi connectivity index (χ4n) is 6.25. The van der Waals surface area contributed by atoms with Crippen LogP contribution in [0.15, 0.2) is 85.1 Å². The van der Waals surface area contributed by atoms with Gasteiger partial charge < -0.3 is 4.90 Å². The lowest BCUT2D eigenvalue weighted by Gasteiger charge is -2.33. The topological polar surface area (TPSA) is 41.4 Å². The number of amides is 1. The zero-order valence-electron chi connectivity index (χ0n) is 22.5. The van der Waals surface area contributed by atoms with Gasteiger partial charge in [-0.2, -0.15) is 5.10 Å². The van der Waals surface area contributed by atoms with Gasteiger partial charge >= 0.3 is 0 Å². The molecule has 5 nitrogen and oxygen atoms in total. The predicted octanol–water partition coefficient (Wildman–Crippen LogP) is 6.33. The number of hydrogen-bond acceptors (Lipinski definition) is 3. The first-order chi connectivity index (χ1) is 19.0. The van der Waals surface area contributed by atoms with Gasteiger partial charge in [-0.25, -0.2) is 9.07 Å². The predicted molar refractivity (Wildman–Crippen MR) is 152 cm³/mol. The van der Waals surface area contributed by atoms with Gasteiger partial charge in [0.1, 0.15) is 5.82 Å². The van der Waals surface area contributed by atoms with Crippen molar-refractivity contribution >= 4 is 5.91 Å². The van der Waals surface area contributed by atoms with Gasteiger partial charge in [-0.1, -0.05) is 60.2 Å². The van der Waals surface area contributed by atoms with Crippen LogP contribution in [0.5, 0.6) is 0 Å². The number of halogens is 1. The Bertz CT molecular complexity index is 1420. The first-order valence-electron chi connectivity index (χ1n) is 14.0. The molecule has 0 saturated carbocycles. The molecule has 0 spiro atoms. The van der Waals surface area contributed by atoms with E-state index >= 15 is 0 Å². The Labute approximate surface area is 229 Å². The summed E-state index contributed by atoms with van der Waals surface area (Å²) in [6.07, 6.45) is 4.60. The Morgan fingerprint density at radius 1 is 0.897 bits per heavy atom. The first kappa shape index (κ1) is 25.5. The molecule has 0 bridgehead atoms. The molecule has 4 aromatic rings. The third-order valence-corrected chi connectivity index (χ3v) is 8.32. The number of nitrogens with zero attached hydrogens (tertiary/aromatic N) is 4. The average Bonchev–Trinajstić information content (AvgIpc) is 3.63. The van der Waals surface area contributed by atoms with Crippen molar-refractivity contribution in [2.24, 2.45) is 0 Å². The summed E-state index contributed by atoms with van der Waals surface area (Å²) < 4.78 is 15.6. The number of carbonyl (C=O) groups is 1. The van der Waals surface area contributed by atoms with Gasteiger partial charge in [0, 0.05) is 31.5 Å². The highest BCUT2D eigenvalue weighted by atomic mass is 19.1. The van der Waals surface area contributed by atoms with Crippen LogP contribution in [0.3, 0.4) is 0 Å². The second kappa shape index (κ2) is 11.1. The van der Waals surface area contributed by atoms with Crippen LogP contribution in [0.1, 0.15) is 63.8 Å². The minimum absolute atomic E-state index is 0.0546. The maximum absolute atomic E-state index is 13.9. The number of likely N-dealkylation sites (tertiary alicyclic amines) is 2. The Hall–Kier alpha value is -3.77. The van der Waals surface area contributed by atoms with E-state index in [0.717, 1.165) is 63.4 Å². The quantitative estimate of drug-likeness (QED) is 0.297. The minimum Gasteiger partial charge on any atom is -0.338 e. The molecule has 2 saturated heterocycles. The molecule has 1 amide bonds. The number of aromatic nitrogens is 2. The number of rotatable bonds is 6. The molecule has 0 radical (unpaired) electrons. The molecular weight excluding hydrogens is 487 g/mol. The van der Waals surface area contributed by atoms with Crippen molar-refractivity contribution in [2.75, 3.05) is 26.2 Å². The van der Waals surface area contributed by atoms with E-state index in [1.165, 1.54) is 28.8 Å². The summed E-state index contributed by atoms with van der Waals surface area (Å²) in [6.45, 7) is 6.45. The maximum atomic E-state index is 13.9. The van der Waals surface area contributed by atoms with Gasteiger partial charge in [-0.3, -0.25) is 9.69 Å².